The number of rotatable bonds is 6. The molecule has 0 aliphatic carbocycles. The fraction of sp³-hybridized carbons (Fsp3) is 0.0769. The predicted molar refractivity (Wildman–Crippen MR) is 129 cm³/mol. The fourth-order valence-electron chi connectivity index (χ4n) is 3.31. The second-order valence-corrected chi connectivity index (χ2v) is 7.46. The number of nitrogens with one attached hydrogen (secondary N) is 2. The first-order valence-corrected chi connectivity index (χ1v) is 10.4. The molecule has 0 bridgehead atoms. The number of ether oxygens (including phenoxy) is 1. The number of methoxy groups -OCH3 is 1. The van der Waals surface area contributed by atoms with E-state index in [4.69, 9.17) is 0 Å². The zero-order chi connectivity index (χ0) is 24.1. The lowest BCUT2D eigenvalue weighted by Crippen LogP contribution is -2.14. The Kier molecular flexibility index (Phi) is 6.49. The highest BCUT2D eigenvalue weighted by atomic mass is 16.5. The second-order valence-electron chi connectivity index (χ2n) is 7.46. The van der Waals surface area contributed by atoms with Crippen LogP contribution in [0.25, 0.3) is 11.3 Å². The van der Waals surface area contributed by atoms with Crippen LogP contribution in [0.5, 0.6) is 0 Å². The maximum absolute atomic E-state index is 12.6. The van der Waals surface area contributed by atoms with Gasteiger partial charge in [-0.05, 0) is 48.5 Å². The summed E-state index contributed by atoms with van der Waals surface area (Å²) in [5.74, 6) is -0.465. The van der Waals surface area contributed by atoms with Crippen molar-refractivity contribution in [3.8, 4) is 11.3 Å². The van der Waals surface area contributed by atoms with E-state index >= 15 is 0 Å². The molecular weight excluding hydrogens is 432 g/mol. The van der Waals surface area contributed by atoms with Gasteiger partial charge in [-0.2, -0.15) is 5.10 Å². The maximum Gasteiger partial charge on any atom is 0.337 e. The van der Waals surface area contributed by atoms with E-state index in [0.29, 0.717) is 33.9 Å². The molecule has 4 rings (SSSR count). The average molecular weight is 454 g/mol. The Labute approximate surface area is 196 Å². The molecule has 0 aliphatic rings. The third-order valence-corrected chi connectivity index (χ3v) is 5.16. The molecule has 4 aromatic rings. The minimum atomic E-state index is -0.464. The molecule has 8 nitrogen and oxygen atoms in total. The van der Waals surface area contributed by atoms with Crippen molar-refractivity contribution >= 4 is 29.3 Å². The van der Waals surface area contributed by atoms with Crippen molar-refractivity contribution in [2.75, 3.05) is 17.7 Å². The molecule has 34 heavy (non-hydrogen) atoms. The second kappa shape index (κ2) is 9.83. The Bertz CT molecular complexity index is 1330. The van der Waals surface area contributed by atoms with Crippen LogP contribution in [0.2, 0.25) is 0 Å². The van der Waals surface area contributed by atoms with Crippen molar-refractivity contribution in [2.45, 2.75) is 0 Å². The number of hydrogen-bond acceptors (Lipinski definition) is 5. The first-order chi connectivity index (χ1) is 16.4. The number of nitrogens with zero attached hydrogens (tertiary/aromatic N) is 2. The van der Waals surface area contributed by atoms with Crippen molar-refractivity contribution < 1.29 is 19.1 Å². The first kappa shape index (κ1) is 22.5. The number of anilines is 2. The summed E-state index contributed by atoms with van der Waals surface area (Å²) in [7, 11) is 3.03. The summed E-state index contributed by atoms with van der Waals surface area (Å²) in [6, 6.07) is 24.2. The fourth-order valence-corrected chi connectivity index (χ4v) is 3.31. The zero-order valence-corrected chi connectivity index (χ0v) is 18.6. The number of aryl methyl sites for hydroxylation is 1. The number of benzene rings is 3. The lowest BCUT2D eigenvalue weighted by atomic mass is 10.1. The quantitative estimate of drug-likeness (QED) is 0.421. The maximum atomic E-state index is 12.6. The van der Waals surface area contributed by atoms with Gasteiger partial charge in [-0.3, -0.25) is 14.3 Å². The van der Waals surface area contributed by atoms with Crippen LogP contribution in [0.4, 0.5) is 11.5 Å². The third kappa shape index (κ3) is 5.02. The van der Waals surface area contributed by atoms with Crippen LogP contribution in [0.1, 0.15) is 31.1 Å². The summed E-state index contributed by atoms with van der Waals surface area (Å²) in [4.78, 5) is 36.5. The van der Waals surface area contributed by atoms with Crippen LogP contribution < -0.4 is 10.6 Å². The topological polar surface area (TPSA) is 102 Å². The van der Waals surface area contributed by atoms with Crippen molar-refractivity contribution in [3.63, 3.8) is 0 Å². The summed E-state index contributed by atoms with van der Waals surface area (Å²) in [5.41, 5.74) is 3.50. The number of esters is 1. The molecule has 0 spiro atoms. The van der Waals surface area contributed by atoms with Crippen molar-refractivity contribution in [1.29, 1.82) is 0 Å². The molecule has 0 unspecified atom stereocenters. The van der Waals surface area contributed by atoms with Gasteiger partial charge in [0.2, 0.25) is 0 Å². The number of carbonyl (C=O) groups is 3. The highest BCUT2D eigenvalue weighted by Crippen LogP contribution is 2.24. The molecule has 170 valence electrons. The first-order valence-electron chi connectivity index (χ1n) is 10.4. The van der Waals surface area contributed by atoms with Gasteiger partial charge in [-0.25, -0.2) is 4.79 Å². The summed E-state index contributed by atoms with van der Waals surface area (Å²) < 4.78 is 6.24. The van der Waals surface area contributed by atoms with Gasteiger partial charge in [0.25, 0.3) is 11.8 Å². The molecule has 0 saturated carbocycles. The largest absolute Gasteiger partial charge is 0.465 e. The zero-order valence-electron chi connectivity index (χ0n) is 18.6. The van der Waals surface area contributed by atoms with Gasteiger partial charge in [0.1, 0.15) is 5.82 Å². The van der Waals surface area contributed by atoms with Gasteiger partial charge in [0, 0.05) is 35.5 Å². The van der Waals surface area contributed by atoms with Crippen molar-refractivity contribution in [3.05, 3.63) is 102 Å². The van der Waals surface area contributed by atoms with Crippen LogP contribution in [0.3, 0.4) is 0 Å². The molecule has 0 radical (unpaired) electrons. The van der Waals surface area contributed by atoms with E-state index in [1.165, 1.54) is 19.2 Å². The number of amides is 2. The van der Waals surface area contributed by atoms with Gasteiger partial charge in [-0.15, -0.1) is 0 Å². The van der Waals surface area contributed by atoms with Gasteiger partial charge >= 0.3 is 5.97 Å². The predicted octanol–water partition coefficient (Wildman–Crippen LogP) is 4.38. The molecule has 2 amide bonds. The van der Waals surface area contributed by atoms with Crippen LogP contribution in [0.15, 0.2) is 84.9 Å². The standard InChI is InChI=1S/C26H22N4O4/c1-30-23(28-25(32)19-8-10-20(11-9-19)26(33)34-2)16-22(29-30)17-12-14-21(15-13-17)27-24(31)18-6-4-3-5-7-18/h3-16H,1-2H3,(H,27,31)(H,28,32). The van der Waals surface area contributed by atoms with E-state index in [1.807, 2.05) is 30.3 Å². The molecule has 0 fully saturated rings. The number of aromatic nitrogens is 2. The minimum Gasteiger partial charge on any atom is -0.465 e. The highest BCUT2D eigenvalue weighted by Gasteiger charge is 2.13. The third-order valence-electron chi connectivity index (χ3n) is 5.16. The lowest BCUT2D eigenvalue weighted by molar-refractivity contribution is 0.0600. The summed E-state index contributed by atoms with van der Waals surface area (Å²) >= 11 is 0. The smallest absolute Gasteiger partial charge is 0.337 e. The normalized spacial score (nSPS) is 10.4. The van der Waals surface area contributed by atoms with Crippen molar-refractivity contribution in [1.82, 2.24) is 9.78 Å². The van der Waals surface area contributed by atoms with E-state index in [-0.39, 0.29) is 11.8 Å². The molecule has 0 aliphatic heterocycles. The van der Waals surface area contributed by atoms with Crippen LogP contribution in [-0.4, -0.2) is 34.7 Å². The molecular formula is C26H22N4O4. The monoisotopic (exact) mass is 454 g/mol. The number of hydrogen-bond donors (Lipinski definition) is 2. The Morgan fingerprint density at radius 1 is 0.765 bits per heavy atom. The lowest BCUT2D eigenvalue weighted by Gasteiger charge is -2.06. The molecule has 0 saturated heterocycles. The average Bonchev–Trinajstić information content (AvgIpc) is 3.24. The number of carbonyl (C=O) groups excluding carboxylic acids is 3. The van der Waals surface area contributed by atoms with Crippen LogP contribution >= 0.6 is 0 Å². The Hall–Kier alpha value is -4.72. The molecule has 3 aromatic carbocycles. The Balaban J connectivity index is 1.43. The van der Waals surface area contributed by atoms with Crippen LogP contribution in [-0.2, 0) is 11.8 Å². The van der Waals surface area contributed by atoms with Gasteiger partial charge in [0.05, 0.1) is 18.4 Å². The van der Waals surface area contributed by atoms with Gasteiger partial charge in [-0.1, -0.05) is 30.3 Å². The highest BCUT2D eigenvalue weighted by molar-refractivity contribution is 6.05. The molecule has 2 N–H and O–H groups in total. The van der Waals surface area contributed by atoms with E-state index < -0.39 is 5.97 Å². The van der Waals surface area contributed by atoms with E-state index in [9.17, 15) is 14.4 Å². The van der Waals surface area contributed by atoms with Crippen molar-refractivity contribution in [2.24, 2.45) is 7.05 Å². The van der Waals surface area contributed by atoms with E-state index in [0.717, 1.165) is 5.56 Å². The van der Waals surface area contributed by atoms with E-state index in [1.54, 1.807) is 54.2 Å². The molecule has 8 heteroatoms. The minimum absolute atomic E-state index is 0.184. The SMILES string of the molecule is COC(=O)c1ccc(C(=O)Nc2cc(-c3ccc(NC(=O)c4ccccc4)cc3)nn2C)cc1. The van der Waals surface area contributed by atoms with E-state index in [2.05, 4.69) is 20.5 Å². The molecule has 1 aromatic heterocycles. The molecule has 1 heterocycles. The summed E-state index contributed by atoms with van der Waals surface area (Å²) in [6.07, 6.45) is 0. The summed E-state index contributed by atoms with van der Waals surface area (Å²) in [6.45, 7) is 0. The van der Waals surface area contributed by atoms with Gasteiger partial charge < -0.3 is 15.4 Å². The van der Waals surface area contributed by atoms with Gasteiger partial charge in [0.15, 0.2) is 0 Å². The molecule has 0 atom stereocenters. The Morgan fingerprint density at radius 2 is 1.35 bits per heavy atom. The Morgan fingerprint density at radius 3 is 2.00 bits per heavy atom. The summed E-state index contributed by atoms with van der Waals surface area (Å²) in [5, 5.41) is 10.2. The van der Waals surface area contributed by atoms with Crippen LogP contribution in [0, 0.1) is 0 Å².